The number of ether oxygens (including phenoxy) is 1. The van der Waals surface area contributed by atoms with Crippen molar-refractivity contribution in [2.75, 3.05) is 26.3 Å². The maximum Gasteiger partial charge on any atom is 0.223 e. The first-order valence-corrected chi connectivity index (χ1v) is 7.88. The summed E-state index contributed by atoms with van der Waals surface area (Å²) in [4.78, 5) is 23.5. The van der Waals surface area contributed by atoms with E-state index in [2.05, 4.69) is 10.6 Å². The summed E-state index contributed by atoms with van der Waals surface area (Å²) in [6, 6.07) is 0. The summed E-state index contributed by atoms with van der Waals surface area (Å²) in [5.41, 5.74) is 0. The molecule has 0 spiro atoms. The lowest BCUT2D eigenvalue weighted by Gasteiger charge is -2.22. The minimum Gasteiger partial charge on any atom is -0.381 e. The Labute approximate surface area is 120 Å². The Morgan fingerprint density at radius 2 is 1.85 bits per heavy atom. The summed E-state index contributed by atoms with van der Waals surface area (Å²) in [6.07, 6.45) is 6.88. The van der Waals surface area contributed by atoms with Crippen LogP contribution in [-0.4, -0.2) is 38.1 Å². The summed E-state index contributed by atoms with van der Waals surface area (Å²) < 4.78 is 5.38. The van der Waals surface area contributed by atoms with Crippen LogP contribution in [0, 0.1) is 11.8 Å². The fourth-order valence-electron chi connectivity index (χ4n) is 2.95. The predicted molar refractivity (Wildman–Crippen MR) is 76.1 cm³/mol. The third kappa shape index (κ3) is 5.12. The molecule has 0 aromatic carbocycles. The topological polar surface area (TPSA) is 67.4 Å². The molecule has 1 aliphatic carbocycles. The van der Waals surface area contributed by atoms with Crippen LogP contribution in [0.3, 0.4) is 0 Å². The smallest absolute Gasteiger partial charge is 0.223 e. The highest BCUT2D eigenvalue weighted by atomic mass is 16.5. The first kappa shape index (κ1) is 15.3. The van der Waals surface area contributed by atoms with Gasteiger partial charge in [0.05, 0.1) is 6.61 Å². The summed E-state index contributed by atoms with van der Waals surface area (Å²) in [5, 5.41) is 5.79. The zero-order valence-corrected chi connectivity index (χ0v) is 12.2. The van der Waals surface area contributed by atoms with E-state index in [4.69, 9.17) is 4.74 Å². The zero-order chi connectivity index (χ0) is 14.2. The summed E-state index contributed by atoms with van der Waals surface area (Å²) in [7, 11) is 0. The average molecular weight is 282 g/mol. The Balaban J connectivity index is 1.52. The maximum absolute atomic E-state index is 11.8. The van der Waals surface area contributed by atoms with Crippen molar-refractivity contribution in [3.05, 3.63) is 0 Å². The molecule has 1 heterocycles. The Morgan fingerprint density at radius 3 is 2.55 bits per heavy atom. The Kier molecular flexibility index (Phi) is 6.30. The van der Waals surface area contributed by atoms with Crippen LogP contribution >= 0.6 is 0 Å². The van der Waals surface area contributed by atoms with Gasteiger partial charge in [0.1, 0.15) is 0 Å². The second kappa shape index (κ2) is 8.25. The highest BCUT2D eigenvalue weighted by Crippen LogP contribution is 2.24. The third-order valence-corrected chi connectivity index (χ3v) is 4.22. The predicted octanol–water partition coefficient (Wildman–Crippen LogP) is 1.23. The fourth-order valence-corrected chi connectivity index (χ4v) is 2.95. The monoisotopic (exact) mass is 282 g/mol. The van der Waals surface area contributed by atoms with Gasteiger partial charge in [-0.05, 0) is 31.6 Å². The second-order valence-electron chi connectivity index (χ2n) is 5.91. The minimum absolute atomic E-state index is 0.0160. The van der Waals surface area contributed by atoms with Crippen molar-refractivity contribution in [3.63, 3.8) is 0 Å². The number of hydrogen-bond acceptors (Lipinski definition) is 3. The molecule has 1 aliphatic heterocycles. The Bertz CT molecular complexity index is 321. The number of carbonyl (C=O) groups excluding carboxylic acids is 2. The fraction of sp³-hybridized carbons (Fsp3) is 0.867. The first-order valence-electron chi connectivity index (χ1n) is 7.88. The highest BCUT2D eigenvalue weighted by molar-refractivity contribution is 5.80. The molecule has 0 unspecified atom stereocenters. The molecule has 1 saturated carbocycles. The largest absolute Gasteiger partial charge is 0.381 e. The lowest BCUT2D eigenvalue weighted by atomic mass is 10.0. The molecule has 0 aromatic rings. The standard InChI is InChI=1S/C15H26N2O3/c18-14(17-10-12-4-3-9-20-11-12)7-8-16-15(19)13-5-1-2-6-13/h12-13H,1-11H2,(H,16,19)(H,17,18)/t12-/m1/s1. The zero-order valence-electron chi connectivity index (χ0n) is 12.2. The van der Waals surface area contributed by atoms with Gasteiger partial charge in [-0.2, -0.15) is 0 Å². The van der Waals surface area contributed by atoms with E-state index in [0.717, 1.165) is 51.7 Å². The van der Waals surface area contributed by atoms with Crippen LogP contribution in [0.1, 0.15) is 44.9 Å². The molecule has 5 heteroatoms. The normalized spacial score (nSPS) is 23.5. The quantitative estimate of drug-likeness (QED) is 0.770. The molecule has 2 rings (SSSR count). The molecule has 0 aromatic heterocycles. The lowest BCUT2D eigenvalue weighted by Crippen LogP contribution is -2.36. The molecule has 1 atom stereocenters. The van der Waals surface area contributed by atoms with Crippen molar-refractivity contribution in [2.24, 2.45) is 11.8 Å². The minimum atomic E-state index is 0.0160. The van der Waals surface area contributed by atoms with Gasteiger partial charge in [-0.25, -0.2) is 0 Å². The van der Waals surface area contributed by atoms with Crippen LogP contribution in [0.25, 0.3) is 0 Å². The van der Waals surface area contributed by atoms with Gasteiger partial charge in [0.25, 0.3) is 0 Å². The van der Waals surface area contributed by atoms with E-state index in [1.165, 1.54) is 0 Å². The molecule has 2 aliphatic rings. The van der Waals surface area contributed by atoms with Gasteiger partial charge in [-0.15, -0.1) is 0 Å². The summed E-state index contributed by atoms with van der Waals surface area (Å²) in [6.45, 7) is 2.73. The molecule has 2 N–H and O–H groups in total. The number of hydrogen-bond donors (Lipinski definition) is 2. The van der Waals surface area contributed by atoms with E-state index in [1.54, 1.807) is 0 Å². The molecule has 5 nitrogen and oxygen atoms in total. The molecular weight excluding hydrogens is 256 g/mol. The molecule has 0 radical (unpaired) electrons. The second-order valence-corrected chi connectivity index (χ2v) is 5.91. The van der Waals surface area contributed by atoms with Crippen molar-refractivity contribution >= 4 is 11.8 Å². The van der Waals surface area contributed by atoms with Crippen LogP contribution in [0.15, 0.2) is 0 Å². The molecule has 1 saturated heterocycles. The van der Waals surface area contributed by atoms with Gasteiger partial charge in [0, 0.05) is 32.0 Å². The average Bonchev–Trinajstić information content (AvgIpc) is 3.00. The van der Waals surface area contributed by atoms with Crippen LogP contribution < -0.4 is 10.6 Å². The van der Waals surface area contributed by atoms with E-state index in [-0.39, 0.29) is 17.7 Å². The number of rotatable bonds is 6. The van der Waals surface area contributed by atoms with Gasteiger partial charge in [-0.1, -0.05) is 12.8 Å². The van der Waals surface area contributed by atoms with E-state index in [1.807, 2.05) is 0 Å². The van der Waals surface area contributed by atoms with Crippen molar-refractivity contribution in [3.8, 4) is 0 Å². The van der Waals surface area contributed by atoms with E-state index in [0.29, 0.717) is 25.4 Å². The summed E-state index contributed by atoms with van der Waals surface area (Å²) in [5.74, 6) is 0.761. The molecule has 2 fully saturated rings. The van der Waals surface area contributed by atoms with E-state index in [9.17, 15) is 9.59 Å². The highest BCUT2D eigenvalue weighted by Gasteiger charge is 2.22. The molecule has 20 heavy (non-hydrogen) atoms. The SMILES string of the molecule is O=C(CCNC(=O)C1CCCC1)NC[C@H]1CCCOC1. The van der Waals surface area contributed by atoms with Gasteiger partial charge in [0.15, 0.2) is 0 Å². The van der Waals surface area contributed by atoms with E-state index < -0.39 is 0 Å². The van der Waals surface area contributed by atoms with Crippen LogP contribution in [0.2, 0.25) is 0 Å². The van der Waals surface area contributed by atoms with Crippen molar-refractivity contribution < 1.29 is 14.3 Å². The summed E-state index contributed by atoms with van der Waals surface area (Å²) >= 11 is 0. The van der Waals surface area contributed by atoms with Crippen molar-refractivity contribution in [1.29, 1.82) is 0 Å². The van der Waals surface area contributed by atoms with Crippen molar-refractivity contribution in [2.45, 2.75) is 44.9 Å². The molecular formula is C15H26N2O3. The molecule has 0 bridgehead atoms. The maximum atomic E-state index is 11.8. The van der Waals surface area contributed by atoms with Gasteiger partial charge >= 0.3 is 0 Å². The third-order valence-electron chi connectivity index (χ3n) is 4.22. The number of nitrogens with one attached hydrogen (secondary N) is 2. The van der Waals surface area contributed by atoms with Crippen molar-refractivity contribution in [1.82, 2.24) is 10.6 Å². The van der Waals surface area contributed by atoms with Gasteiger partial charge in [0.2, 0.25) is 11.8 Å². The lowest BCUT2D eigenvalue weighted by molar-refractivity contribution is -0.125. The van der Waals surface area contributed by atoms with Gasteiger partial charge in [-0.3, -0.25) is 9.59 Å². The Morgan fingerprint density at radius 1 is 1.05 bits per heavy atom. The van der Waals surface area contributed by atoms with Crippen LogP contribution in [0.5, 0.6) is 0 Å². The van der Waals surface area contributed by atoms with E-state index >= 15 is 0 Å². The number of carbonyl (C=O) groups is 2. The first-order chi connectivity index (χ1) is 9.75. The van der Waals surface area contributed by atoms with Gasteiger partial charge < -0.3 is 15.4 Å². The molecule has 2 amide bonds. The van der Waals surface area contributed by atoms with Crippen LogP contribution in [0.4, 0.5) is 0 Å². The molecule has 114 valence electrons. The van der Waals surface area contributed by atoms with Crippen LogP contribution in [-0.2, 0) is 14.3 Å². The number of amides is 2. The Hall–Kier alpha value is -1.10.